The molecule has 17 heavy (non-hydrogen) atoms. The van der Waals surface area contributed by atoms with Crippen LogP contribution in [-0.2, 0) is 9.53 Å². The molecule has 0 saturated heterocycles. The Morgan fingerprint density at radius 1 is 1.65 bits per heavy atom. The minimum Gasteiger partial charge on any atom is -0.462 e. The molecule has 8 heteroatoms. The van der Waals surface area contributed by atoms with Crippen molar-refractivity contribution in [2.24, 2.45) is 5.73 Å². The maximum Gasteiger partial charge on any atom is 0.379 e. The summed E-state index contributed by atoms with van der Waals surface area (Å²) in [5.74, 6) is -5.34. The third kappa shape index (κ3) is 3.24. The molecule has 1 aromatic rings. The van der Waals surface area contributed by atoms with E-state index >= 15 is 0 Å². The van der Waals surface area contributed by atoms with E-state index in [4.69, 9.17) is 5.73 Å². The summed E-state index contributed by atoms with van der Waals surface area (Å²) in [6.07, 6.45) is 0. The first-order chi connectivity index (χ1) is 7.80. The summed E-state index contributed by atoms with van der Waals surface area (Å²) in [5, 5.41) is 0. The van der Waals surface area contributed by atoms with E-state index in [2.05, 4.69) is 36.6 Å². The molecule has 0 spiro atoms. The first-order valence-corrected chi connectivity index (χ1v) is 6.96. The highest BCUT2D eigenvalue weighted by atomic mass is 79.9. The summed E-state index contributed by atoms with van der Waals surface area (Å²) in [7, 11) is 0. The highest BCUT2D eigenvalue weighted by molar-refractivity contribution is 9.13. The van der Waals surface area contributed by atoms with Crippen LogP contribution in [0.15, 0.2) is 14.3 Å². The lowest BCUT2D eigenvalue weighted by Crippen LogP contribution is -2.41. The van der Waals surface area contributed by atoms with Crippen LogP contribution >= 0.6 is 43.2 Å². The van der Waals surface area contributed by atoms with Gasteiger partial charge >= 0.3 is 11.9 Å². The lowest BCUT2D eigenvalue weighted by atomic mass is 10.1. The van der Waals surface area contributed by atoms with Gasteiger partial charge in [0, 0.05) is 9.35 Å². The summed E-state index contributed by atoms with van der Waals surface area (Å²) in [6, 6.07) is -0.263. The van der Waals surface area contributed by atoms with Crippen molar-refractivity contribution in [1.82, 2.24) is 0 Å². The standard InChI is InChI=1S/C9H9Br2F2NO2S/c1-2-16-8(15)9(12,13)6(14)5-3-4(10)7(11)17-5/h3,6H,2,14H2,1H3/t6-/m0/s1. The third-order valence-corrected chi connectivity index (χ3v) is 5.25. The van der Waals surface area contributed by atoms with E-state index in [9.17, 15) is 13.6 Å². The van der Waals surface area contributed by atoms with Gasteiger partial charge in [0.2, 0.25) is 0 Å². The molecular formula is C9H9Br2F2NO2S. The zero-order chi connectivity index (χ0) is 13.2. The number of rotatable bonds is 4. The normalized spacial score (nSPS) is 13.5. The average molecular weight is 393 g/mol. The molecule has 1 heterocycles. The fourth-order valence-corrected chi connectivity index (χ4v) is 3.18. The Bertz CT molecular complexity index is 406. The molecule has 1 atom stereocenters. The van der Waals surface area contributed by atoms with Gasteiger partial charge in [-0.3, -0.25) is 0 Å². The molecule has 96 valence electrons. The number of thiophene rings is 1. The highest BCUT2D eigenvalue weighted by Crippen LogP contribution is 2.40. The SMILES string of the molecule is CCOC(=O)C(F)(F)[C@@H](N)c1cc(Br)c(Br)s1. The molecule has 0 bridgehead atoms. The predicted octanol–water partition coefficient (Wildman–Crippen LogP) is 3.47. The van der Waals surface area contributed by atoms with Crippen LogP contribution in [0.5, 0.6) is 0 Å². The van der Waals surface area contributed by atoms with Crippen molar-refractivity contribution in [1.29, 1.82) is 0 Å². The molecule has 2 N–H and O–H groups in total. The van der Waals surface area contributed by atoms with Gasteiger partial charge in [-0.15, -0.1) is 11.3 Å². The van der Waals surface area contributed by atoms with Crippen molar-refractivity contribution < 1.29 is 18.3 Å². The molecule has 0 saturated carbocycles. The molecule has 0 aromatic carbocycles. The Labute approximate surface area is 118 Å². The number of carbonyl (C=O) groups is 1. The highest BCUT2D eigenvalue weighted by Gasteiger charge is 2.48. The van der Waals surface area contributed by atoms with Crippen LogP contribution in [0.4, 0.5) is 8.78 Å². The molecule has 0 radical (unpaired) electrons. The van der Waals surface area contributed by atoms with Gasteiger partial charge in [-0.2, -0.15) is 8.78 Å². The molecule has 1 rings (SSSR count). The van der Waals surface area contributed by atoms with Crippen molar-refractivity contribution in [2.45, 2.75) is 18.9 Å². The zero-order valence-electron chi connectivity index (χ0n) is 8.68. The van der Waals surface area contributed by atoms with Crippen LogP contribution in [0.25, 0.3) is 0 Å². The van der Waals surface area contributed by atoms with E-state index < -0.39 is 17.9 Å². The Balaban J connectivity index is 2.95. The number of hydrogen-bond donors (Lipinski definition) is 1. The summed E-state index contributed by atoms with van der Waals surface area (Å²) >= 11 is 7.38. The number of halogens is 4. The topological polar surface area (TPSA) is 52.3 Å². The predicted molar refractivity (Wildman–Crippen MR) is 68.2 cm³/mol. The Kier molecular flexibility index (Phi) is 5.06. The summed E-state index contributed by atoms with van der Waals surface area (Å²) in [5.41, 5.74) is 5.40. The smallest absolute Gasteiger partial charge is 0.379 e. The van der Waals surface area contributed by atoms with Crippen LogP contribution in [-0.4, -0.2) is 18.5 Å². The molecule has 0 fully saturated rings. The second kappa shape index (κ2) is 5.73. The number of nitrogens with two attached hydrogens (primary N) is 1. The zero-order valence-corrected chi connectivity index (χ0v) is 12.7. The van der Waals surface area contributed by atoms with Gasteiger partial charge in [0.25, 0.3) is 0 Å². The molecule has 0 aliphatic rings. The molecule has 3 nitrogen and oxygen atoms in total. The van der Waals surface area contributed by atoms with Crippen LogP contribution in [0, 0.1) is 0 Å². The largest absolute Gasteiger partial charge is 0.462 e. The minimum atomic E-state index is -3.74. The monoisotopic (exact) mass is 391 g/mol. The molecular weight excluding hydrogens is 384 g/mol. The van der Waals surface area contributed by atoms with E-state index in [1.165, 1.54) is 13.0 Å². The molecule has 0 aliphatic carbocycles. The molecule has 1 aromatic heterocycles. The number of ether oxygens (including phenoxy) is 1. The number of carbonyl (C=O) groups excluding carboxylic acids is 1. The fraction of sp³-hybridized carbons (Fsp3) is 0.444. The first-order valence-electron chi connectivity index (χ1n) is 4.56. The maximum absolute atomic E-state index is 13.6. The van der Waals surface area contributed by atoms with Crippen molar-refractivity contribution >= 4 is 49.2 Å². The van der Waals surface area contributed by atoms with Gasteiger partial charge in [0.1, 0.15) is 6.04 Å². The van der Waals surface area contributed by atoms with Gasteiger partial charge in [-0.05, 0) is 44.8 Å². The lowest BCUT2D eigenvalue weighted by molar-refractivity contribution is -0.174. The van der Waals surface area contributed by atoms with Crippen LogP contribution in [0.3, 0.4) is 0 Å². The second-order valence-electron chi connectivity index (χ2n) is 3.09. The number of hydrogen-bond acceptors (Lipinski definition) is 4. The molecule has 0 amide bonds. The van der Waals surface area contributed by atoms with Crippen LogP contribution in [0.2, 0.25) is 0 Å². The lowest BCUT2D eigenvalue weighted by Gasteiger charge is -2.20. The van der Waals surface area contributed by atoms with Crippen LogP contribution in [0.1, 0.15) is 17.8 Å². The third-order valence-electron chi connectivity index (χ3n) is 1.91. The van der Waals surface area contributed by atoms with Gasteiger partial charge in [-0.25, -0.2) is 4.79 Å². The minimum absolute atomic E-state index is 0.112. The van der Waals surface area contributed by atoms with E-state index in [1.54, 1.807) is 0 Å². The fourth-order valence-electron chi connectivity index (χ4n) is 1.05. The van der Waals surface area contributed by atoms with Crippen molar-refractivity contribution in [3.63, 3.8) is 0 Å². The average Bonchev–Trinajstić information content (AvgIpc) is 2.58. The van der Waals surface area contributed by atoms with E-state index in [0.717, 1.165) is 11.3 Å². The van der Waals surface area contributed by atoms with E-state index in [1.807, 2.05) is 0 Å². The Hall–Kier alpha value is -0.0500. The van der Waals surface area contributed by atoms with Crippen molar-refractivity contribution in [3.05, 3.63) is 19.2 Å². The Morgan fingerprint density at radius 3 is 2.65 bits per heavy atom. The number of alkyl halides is 2. The van der Waals surface area contributed by atoms with Gasteiger partial charge in [-0.1, -0.05) is 0 Å². The van der Waals surface area contributed by atoms with E-state index in [-0.39, 0.29) is 11.5 Å². The van der Waals surface area contributed by atoms with Crippen molar-refractivity contribution in [3.8, 4) is 0 Å². The van der Waals surface area contributed by atoms with E-state index in [0.29, 0.717) is 8.26 Å². The molecule has 0 aliphatic heterocycles. The van der Waals surface area contributed by atoms with Crippen molar-refractivity contribution in [2.75, 3.05) is 6.61 Å². The second-order valence-corrected chi connectivity index (χ2v) is 6.35. The van der Waals surface area contributed by atoms with Gasteiger partial charge in [0.05, 0.1) is 10.4 Å². The van der Waals surface area contributed by atoms with Gasteiger partial charge in [0.15, 0.2) is 0 Å². The van der Waals surface area contributed by atoms with Gasteiger partial charge < -0.3 is 10.5 Å². The number of esters is 1. The molecule has 0 unspecified atom stereocenters. The Morgan fingerprint density at radius 2 is 2.24 bits per heavy atom. The summed E-state index contributed by atoms with van der Waals surface area (Å²) < 4.78 is 32.8. The first kappa shape index (κ1) is 15.0. The van der Waals surface area contributed by atoms with Crippen LogP contribution < -0.4 is 5.73 Å². The quantitative estimate of drug-likeness (QED) is 0.798. The summed E-state index contributed by atoms with van der Waals surface area (Å²) in [6.45, 7) is 1.34. The maximum atomic E-state index is 13.6. The summed E-state index contributed by atoms with van der Waals surface area (Å²) in [4.78, 5) is 11.3.